The van der Waals surface area contributed by atoms with E-state index in [0.717, 1.165) is 42.1 Å². The van der Waals surface area contributed by atoms with Gasteiger partial charge in [-0.25, -0.2) is 4.79 Å². The first-order valence-electron chi connectivity index (χ1n) is 7.79. The van der Waals surface area contributed by atoms with E-state index in [1.165, 1.54) is 18.4 Å². The highest BCUT2D eigenvalue weighted by Gasteiger charge is 2.18. The number of hydrogen-bond acceptors (Lipinski definition) is 3. The molecule has 0 bridgehead atoms. The van der Waals surface area contributed by atoms with Gasteiger partial charge in [-0.05, 0) is 68.0 Å². The minimum Gasteiger partial charge on any atom is -0.423 e. The third-order valence-electron chi connectivity index (χ3n) is 4.58. The molecule has 3 rings (SSSR count). The van der Waals surface area contributed by atoms with Crippen LogP contribution in [0, 0.1) is 19.8 Å². The van der Waals surface area contributed by atoms with Gasteiger partial charge in [-0.15, -0.1) is 0 Å². The lowest BCUT2D eigenvalue weighted by Gasteiger charge is -2.31. The molecule has 2 heterocycles. The predicted octanol–water partition coefficient (Wildman–Crippen LogP) is 3.64. The lowest BCUT2D eigenvalue weighted by atomic mass is 9.98. The molecule has 1 saturated heterocycles. The van der Waals surface area contributed by atoms with Crippen LogP contribution in [0.3, 0.4) is 0 Å². The number of rotatable bonds is 2. The summed E-state index contributed by atoms with van der Waals surface area (Å²) in [6.07, 6.45) is 2.56. The van der Waals surface area contributed by atoms with E-state index in [9.17, 15) is 4.79 Å². The zero-order valence-electron chi connectivity index (χ0n) is 13.1. The lowest BCUT2D eigenvalue weighted by Crippen LogP contribution is -2.34. The van der Waals surface area contributed by atoms with Crippen LogP contribution in [0.2, 0.25) is 0 Å². The monoisotopic (exact) mass is 285 g/mol. The molecule has 0 unspecified atom stereocenters. The summed E-state index contributed by atoms with van der Waals surface area (Å²) in [5.74, 6) is 0.745. The summed E-state index contributed by atoms with van der Waals surface area (Å²) in [5.41, 5.74) is 3.97. The minimum absolute atomic E-state index is 0.245. The molecule has 2 aromatic rings. The summed E-state index contributed by atoms with van der Waals surface area (Å²) < 4.78 is 5.37. The van der Waals surface area contributed by atoms with Crippen LogP contribution in [0.4, 0.5) is 0 Å². The van der Waals surface area contributed by atoms with Gasteiger partial charge >= 0.3 is 5.63 Å². The van der Waals surface area contributed by atoms with Gasteiger partial charge in [0.05, 0.1) is 0 Å². The molecule has 21 heavy (non-hydrogen) atoms. The zero-order valence-corrected chi connectivity index (χ0v) is 13.1. The van der Waals surface area contributed by atoms with E-state index >= 15 is 0 Å². The highest BCUT2D eigenvalue weighted by atomic mass is 16.4. The molecule has 1 aliphatic rings. The first kappa shape index (κ1) is 14.3. The summed E-state index contributed by atoms with van der Waals surface area (Å²) in [7, 11) is 0. The molecule has 1 aromatic heterocycles. The van der Waals surface area contributed by atoms with Crippen molar-refractivity contribution in [2.24, 2.45) is 5.92 Å². The van der Waals surface area contributed by atoms with Crippen molar-refractivity contribution < 1.29 is 4.42 Å². The first-order valence-corrected chi connectivity index (χ1v) is 7.79. The molecular weight excluding hydrogens is 262 g/mol. The first-order chi connectivity index (χ1) is 10.0. The molecule has 0 saturated carbocycles. The zero-order chi connectivity index (χ0) is 15.0. The maximum absolute atomic E-state index is 11.8. The smallest absolute Gasteiger partial charge is 0.336 e. The molecule has 1 atom stereocenters. The van der Waals surface area contributed by atoms with Crippen LogP contribution in [-0.4, -0.2) is 18.0 Å². The molecule has 1 fully saturated rings. The number of hydrogen-bond donors (Lipinski definition) is 0. The van der Waals surface area contributed by atoms with Crippen LogP contribution >= 0.6 is 0 Å². The van der Waals surface area contributed by atoms with Crippen LogP contribution in [0.25, 0.3) is 11.0 Å². The number of likely N-dealkylation sites (tertiary alicyclic amines) is 1. The Kier molecular flexibility index (Phi) is 3.85. The summed E-state index contributed by atoms with van der Waals surface area (Å²) in [6, 6.07) is 5.79. The van der Waals surface area contributed by atoms with Gasteiger partial charge in [0.1, 0.15) is 5.58 Å². The Labute approximate surface area is 125 Å². The van der Waals surface area contributed by atoms with Crippen molar-refractivity contribution in [3.05, 3.63) is 45.3 Å². The van der Waals surface area contributed by atoms with E-state index in [1.54, 1.807) is 6.07 Å². The summed E-state index contributed by atoms with van der Waals surface area (Å²) in [6.45, 7) is 9.54. The fraction of sp³-hybridized carbons (Fsp3) is 0.500. The van der Waals surface area contributed by atoms with Gasteiger partial charge in [0, 0.05) is 24.5 Å². The maximum atomic E-state index is 11.8. The normalized spacial score (nSPS) is 20.0. The van der Waals surface area contributed by atoms with E-state index in [1.807, 2.05) is 13.0 Å². The SMILES string of the molecule is Cc1cc2oc(=O)cc(CN3CCC[C@H](C)C3)c2cc1C. The quantitative estimate of drug-likeness (QED) is 0.790. The van der Waals surface area contributed by atoms with E-state index in [0.29, 0.717) is 5.58 Å². The maximum Gasteiger partial charge on any atom is 0.336 e. The topological polar surface area (TPSA) is 33.5 Å². The van der Waals surface area contributed by atoms with Crippen molar-refractivity contribution in [3.63, 3.8) is 0 Å². The Morgan fingerprint density at radius 3 is 2.76 bits per heavy atom. The van der Waals surface area contributed by atoms with Gasteiger partial charge in [-0.2, -0.15) is 0 Å². The molecule has 0 N–H and O–H groups in total. The highest BCUT2D eigenvalue weighted by Crippen LogP contribution is 2.24. The van der Waals surface area contributed by atoms with Gasteiger partial charge < -0.3 is 4.42 Å². The summed E-state index contributed by atoms with van der Waals surface area (Å²) in [4.78, 5) is 14.3. The third kappa shape index (κ3) is 3.03. The molecule has 1 aromatic carbocycles. The molecule has 0 radical (unpaired) electrons. The second kappa shape index (κ2) is 5.64. The standard InChI is InChI=1S/C18H23NO2/c1-12-5-4-6-19(10-12)11-15-9-18(20)21-17-8-14(3)13(2)7-16(15)17/h7-9,12H,4-6,10-11H2,1-3H3/t12-/m0/s1. The minimum atomic E-state index is -0.245. The largest absolute Gasteiger partial charge is 0.423 e. The fourth-order valence-electron chi connectivity index (χ4n) is 3.28. The van der Waals surface area contributed by atoms with Crippen molar-refractivity contribution in [3.8, 4) is 0 Å². The summed E-state index contributed by atoms with van der Waals surface area (Å²) in [5, 5.41) is 1.08. The van der Waals surface area contributed by atoms with Crippen molar-refractivity contribution in [1.29, 1.82) is 0 Å². The Balaban J connectivity index is 2.00. The Morgan fingerprint density at radius 1 is 1.24 bits per heavy atom. The van der Waals surface area contributed by atoms with Gasteiger partial charge in [-0.3, -0.25) is 4.90 Å². The van der Waals surface area contributed by atoms with Gasteiger partial charge in [0.15, 0.2) is 0 Å². The van der Waals surface area contributed by atoms with Crippen LogP contribution in [0.1, 0.15) is 36.5 Å². The van der Waals surface area contributed by atoms with Crippen LogP contribution in [-0.2, 0) is 6.54 Å². The predicted molar refractivity (Wildman–Crippen MR) is 85.6 cm³/mol. The van der Waals surface area contributed by atoms with Gasteiger partial charge in [0.2, 0.25) is 0 Å². The molecule has 0 amide bonds. The van der Waals surface area contributed by atoms with E-state index < -0.39 is 0 Å². The van der Waals surface area contributed by atoms with Crippen molar-refractivity contribution in [1.82, 2.24) is 4.90 Å². The van der Waals surface area contributed by atoms with Crippen molar-refractivity contribution in [2.45, 2.75) is 40.2 Å². The van der Waals surface area contributed by atoms with Gasteiger partial charge in [0.25, 0.3) is 0 Å². The number of fused-ring (bicyclic) bond motifs is 1. The fourth-order valence-corrected chi connectivity index (χ4v) is 3.28. The lowest BCUT2D eigenvalue weighted by molar-refractivity contribution is 0.177. The van der Waals surface area contributed by atoms with E-state index in [4.69, 9.17) is 4.42 Å². The molecule has 1 aliphatic heterocycles. The average molecular weight is 285 g/mol. The van der Waals surface area contributed by atoms with Crippen molar-refractivity contribution >= 4 is 11.0 Å². The number of aryl methyl sites for hydroxylation is 2. The molecule has 112 valence electrons. The molecule has 3 heteroatoms. The third-order valence-corrected chi connectivity index (χ3v) is 4.58. The molecule has 0 aliphatic carbocycles. The summed E-state index contributed by atoms with van der Waals surface area (Å²) >= 11 is 0. The van der Waals surface area contributed by atoms with Crippen LogP contribution < -0.4 is 5.63 Å². The molecule has 3 nitrogen and oxygen atoms in total. The second-order valence-electron chi connectivity index (χ2n) is 6.51. The number of benzene rings is 1. The Morgan fingerprint density at radius 2 is 2.00 bits per heavy atom. The van der Waals surface area contributed by atoms with E-state index in [-0.39, 0.29) is 5.63 Å². The Bertz CT molecular complexity index is 717. The van der Waals surface area contributed by atoms with E-state index in [2.05, 4.69) is 24.8 Å². The van der Waals surface area contributed by atoms with Crippen LogP contribution in [0.15, 0.2) is 27.4 Å². The average Bonchev–Trinajstić information content (AvgIpc) is 2.41. The van der Waals surface area contributed by atoms with Crippen LogP contribution in [0.5, 0.6) is 0 Å². The molecule has 0 spiro atoms. The van der Waals surface area contributed by atoms with Gasteiger partial charge in [-0.1, -0.05) is 6.92 Å². The second-order valence-corrected chi connectivity index (χ2v) is 6.51. The molecular formula is C18H23NO2. The number of piperidine rings is 1. The Hall–Kier alpha value is -1.61. The highest BCUT2D eigenvalue weighted by molar-refractivity contribution is 5.81. The van der Waals surface area contributed by atoms with Crippen molar-refractivity contribution in [2.75, 3.05) is 13.1 Å². The number of nitrogens with zero attached hydrogens (tertiary/aromatic N) is 1.